The summed E-state index contributed by atoms with van der Waals surface area (Å²) in [5.74, 6) is -0.515. The topological polar surface area (TPSA) is 63.8 Å². The Hall–Kier alpha value is -2.82. The van der Waals surface area contributed by atoms with E-state index < -0.39 is 5.97 Å². The van der Waals surface area contributed by atoms with Gasteiger partial charge in [-0.1, -0.05) is 36.4 Å². The van der Waals surface area contributed by atoms with Crippen LogP contribution in [0.2, 0.25) is 0 Å². The molecule has 1 N–H and O–H groups in total. The monoisotopic (exact) mass is 268 g/mol. The first-order valence-corrected chi connectivity index (χ1v) is 6.07. The maximum atomic E-state index is 11.6. The second-order valence-corrected chi connectivity index (χ2v) is 4.26. The first-order valence-electron chi connectivity index (χ1n) is 6.07. The highest BCUT2D eigenvalue weighted by Crippen LogP contribution is 2.28. The number of hydrogen-bond donors (Lipinski definition) is 1. The van der Waals surface area contributed by atoms with Crippen molar-refractivity contribution in [1.82, 2.24) is 9.61 Å². The summed E-state index contributed by atoms with van der Waals surface area (Å²) in [6, 6.07) is 14.4. The average molecular weight is 268 g/mol. The fraction of sp³-hybridized carbons (Fsp3) is 0.0667. The smallest absolute Gasteiger partial charge is 0.340 e. The molecule has 3 rings (SSSR count). The maximum absolute atomic E-state index is 11.6. The third-order valence-corrected chi connectivity index (χ3v) is 3.09. The minimum absolute atomic E-state index is 0.176. The number of pyridine rings is 1. The molecule has 0 aliphatic carbocycles. The highest BCUT2D eigenvalue weighted by atomic mass is 16.5. The van der Waals surface area contributed by atoms with E-state index in [1.165, 1.54) is 11.6 Å². The molecule has 0 bridgehead atoms. The molecule has 0 aliphatic heterocycles. The zero-order valence-electron chi connectivity index (χ0n) is 10.8. The van der Waals surface area contributed by atoms with E-state index in [1.54, 1.807) is 18.2 Å². The Balaban J connectivity index is 2.37. The van der Waals surface area contributed by atoms with E-state index >= 15 is 0 Å². The molecule has 0 saturated carbocycles. The molecule has 0 unspecified atom stereocenters. The number of ether oxygens (including phenoxy) is 1. The molecule has 0 amide bonds. The molecular weight excluding hydrogens is 256 g/mol. The molecule has 0 aliphatic rings. The predicted molar refractivity (Wildman–Crippen MR) is 74.1 cm³/mol. The van der Waals surface area contributed by atoms with Crippen LogP contribution in [-0.2, 0) is 0 Å². The number of carboxylic acids is 1. The molecular formula is C15H12N2O3. The van der Waals surface area contributed by atoms with Crippen molar-refractivity contribution in [2.24, 2.45) is 0 Å². The van der Waals surface area contributed by atoms with Crippen LogP contribution >= 0.6 is 0 Å². The van der Waals surface area contributed by atoms with E-state index in [-0.39, 0.29) is 5.56 Å². The Kier molecular flexibility index (Phi) is 2.87. The van der Waals surface area contributed by atoms with Gasteiger partial charge < -0.3 is 9.84 Å². The Morgan fingerprint density at radius 1 is 1.15 bits per heavy atom. The number of aromatic nitrogens is 2. The second kappa shape index (κ2) is 4.70. The molecule has 2 aromatic heterocycles. The van der Waals surface area contributed by atoms with Gasteiger partial charge in [0.05, 0.1) is 12.6 Å². The summed E-state index contributed by atoms with van der Waals surface area (Å²) in [6.07, 6.45) is 0. The van der Waals surface area contributed by atoms with Crippen LogP contribution in [0.5, 0.6) is 5.88 Å². The van der Waals surface area contributed by atoms with E-state index in [0.717, 1.165) is 5.56 Å². The van der Waals surface area contributed by atoms with Crippen molar-refractivity contribution >= 4 is 11.5 Å². The lowest BCUT2D eigenvalue weighted by atomic mass is 10.1. The van der Waals surface area contributed by atoms with Crippen molar-refractivity contribution in [3.63, 3.8) is 0 Å². The number of hydrogen-bond acceptors (Lipinski definition) is 3. The number of nitrogens with zero attached hydrogens (tertiary/aromatic N) is 2. The number of carboxylic acid groups (broad SMARTS) is 1. The van der Waals surface area contributed by atoms with Crippen LogP contribution in [0.4, 0.5) is 0 Å². The lowest BCUT2D eigenvalue weighted by Gasteiger charge is -2.01. The molecule has 5 nitrogen and oxygen atoms in total. The number of carbonyl (C=O) groups is 1. The SMILES string of the molecule is COc1cccc2c(C(=O)O)c(-c3ccccc3)nn12. The summed E-state index contributed by atoms with van der Waals surface area (Å²) >= 11 is 0. The fourth-order valence-corrected chi connectivity index (χ4v) is 2.21. The summed E-state index contributed by atoms with van der Waals surface area (Å²) in [4.78, 5) is 11.6. The van der Waals surface area contributed by atoms with Gasteiger partial charge in [0, 0.05) is 11.6 Å². The Morgan fingerprint density at radius 2 is 1.90 bits per heavy atom. The Bertz CT molecular complexity index is 778. The van der Waals surface area contributed by atoms with Crippen LogP contribution in [0.3, 0.4) is 0 Å². The third kappa shape index (κ3) is 1.80. The lowest BCUT2D eigenvalue weighted by Crippen LogP contribution is -1.98. The zero-order valence-corrected chi connectivity index (χ0v) is 10.8. The predicted octanol–water partition coefficient (Wildman–Crippen LogP) is 2.71. The molecule has 5 heteroatoms. The minimum Gasteiger partial charge on any atom is -0.481 e. The van der Waals surface area contributed by atoms with Gasteiger partial charge in [-0.3, -0.25) is 0 Å². The highest BCUT2D eigenvalue weighted by molar-refractivity contribution is 6.02. The maximum Gasteiger partial charge on any atom is 0.340 e. The molecule has 100 valence electrons. The van der Waals surface area contributed by atoms with Crippen LogP contribution in [0.15, 0.2) is 48.5 Å². The summed E-state index contributed by atoms with van der Waals surface area (Å²) < 4.78 is 6.72. The number of benzene rings is 1. The normalized spacial score (nSPS) is 10.7. The molecule has 2 heterocycles. The third-order valence-electron chi connectivity index (χ3n) is 3.09. The van der Waals surface area contributed by atoms with Crippen molar-refractivity contribution in [2.45, 2.75) is 0 Å². The molecule has 0 spiro atoms. The van der Waals surface area contributed by atoms with Crippen molar-refractivity contribution in [2.75, 3.05) is 7.11 Å². The van der Waals surface area contributed by atoms with Crippen molar-refractivity contribution in [3.8, 4) is 17.1 Å². The molecule has 0 atom stereocenters. The van der Waals surface area contributed by atoms with Crippen LogP contribution in [0.1, 0.15) is 10.4 Å². The second-order valence-electron chi connectivity index (χ2n) is 4.26. The number of methoxy groups -OCH3 is 1. The van der Waals surface area contributed by atoms with E-state index in [2.05, 4.69) is 5.10 Å². The van der Waals surface area contributed by atoms with Crippen LogP contribution in [0, 0.1) is 0 Å². The van der Waals surface area contributed by atoms with Gasteiger partial charge >= 0.3 is 5.97 Å². The molecule has 0 saturated heterocycles. The van der Waals surface area contributed by atoms with Gasteiger partial charge in [-0.15, -0.1) is 0 Å². The van der Waals surface area contributed by atoms with Gasteiger partial charge in [0.25, 0.3) is 0 Å². The van der Waals surface area contributed by atoms with Crippen LogP contribution < -0.4 is 4.74 Å². The quantitative estimate of drug-likeness (QED) is 0.793. The zero-order chi connectivity index (χ0) is 14.1. The van der Waals surface area contributed by atoms with E-state index in [4.69, 9.17) is 4.74 Å². The first kappa shape index (κ1) is 12.2. The largest absolute Gasteiger partial charge is 0.481 e. The molecule has 0 fully saturated rings. The van der Waals surface area contributed by atoms with Crippen molar-refractivity contribution < 1.29 is 14.6 Å². The Labute approximate surface area is 115 Å². The fourth-order valence-electron chi connectivity index (χ4n) is 2.21. The van der Waals surface area contributed by atoms with Gasteiger partial charge in [0.2, 0.25) is 5.88 Å². The summed E-state index contributed by atoms with van der Waals surface area (Å²) in [6.45, 7) is 0. The molecule has 1 aromatic carbocycles. The number of rotatable bonds is 3. The molecule has 20 heavy (non-hydrogen) atoms. The van der Waals surface area contributed by atoms with E-state index in [0.29, 0.717) is 17.1 Å². The van der Waals surface area contributed by atoms with E-state index in [9.17, 15) is 9.90 Å². The van der Waals surface area contributed by atoms with E-state index in [1.807, 2.05) is 30.3 Å². The van der Waals surface area contributed by atoms with Crippen molar-refractivity contribution in [1.29, 1.82) is 0 Å². The van der Waals surface area contributed by atoms with Crippen molar-refractivity contribution in [3.05, 3.63) is 54.1 Å². The van der Waals surface area contributed by atoms with Crippen LogP contribution in [0.25, 0.3) is 16.8 Å². The average Bonchev–Trinajstić information content (AvgIpc) is 2.87. The number of aromatic carboxylic acids is 1. The van der Waals surface area contributed by atoms with Gasteiger partial charge in [-0.25, -0.2) is 4.79 Å². The molecule has 3 aromatic rings. The van der Waals surface area contributed by atoms with Gasteiger partial charge in [-0.2, -0.15) is 9.61 Å². The Morgan fingerprint density at radius 3 is 2.55 bits per heavy atom. The summed E-state index contributed by atoms with van der Waals surface area (Å²) in [5, 5.41) is 13.9. The highest BCUT2D eigenvalue weighted by Gasteiger charge is 2.21. The van der Waals surface area contributed by atoms with Crippen LogP contribution in [-0.4, -0.2) is 27.8 Å². The minimum atomic E-state index is -1.01. The number of fused-ring (bicyclic) bond motifs is 1. The van der Waals surface area contributed by atoms with Gasteiger partial charge in [0.1, 0.15) is 11.3 Å². The van der Waals surface area contributed by atoms with Gasteiger partial charge in [0.15, 0.2) is 0 Å². The molecule has 0 radical (unpaired) electrons. The standard InChI is InChI=1S/C15H12N2O3/c1-20-12-9-5-8-11-13(15(18)19)14(16-17(11)12)10-6-3-2-4-7-10/h2-9H,1H3,(H,18,19). The summed E-state index contributed by atoms with van der Waals surface area (Å²) in [7, 11) is 1.53. The first-order chi connectivity index (χ1) is 9.72. The van der Waals surface area contributed by atoms with Gasteiger partial charge in [-0.05, 0) is 6.07 Å². The summed E-state index contributed by atoms with van der Waals surface area (Å²) in [5.41, 5.74) is 1.88. The lowest BCUT2D eigenvalue weighted by molar-refractivity contribution is 0.0700.